The Balaban J connectivity index is 0.00000121. The number of halogens is 1. The van der Waals surface area contributed by atoms with Crippen molar-refractivity contribution in [1.82, 2.24) is 4.57 Å². The lowest BCUT2D eigenvalue weighted by atomic mass is 10.1. The first-order valence-corrected chi connectivity index (χ1v) is 3.73. The fraction of sp³-hybridized carbons (Fsp3) is 0.500. The molecule has 3 N–H and O–H groups in total. The number of aromatic nitrogens is 1. The van der Waals surface area contributed by atoms with Gasteiger partial charge >= 0.3 is 0 Å². The summed E-state index contributed by atoms with van der Waals surface area (Å²) in [5.41, 5.74) is 6.84. The second kappa shape index (κ2) is 5.19. The highest BCUT2D eigenvalue weighted by Gasteiger charge is 2.06. The van der Waals surface area contributed by atoms with Crippen molar-refractivity contribution in [2.24, 2.45) is 12.8 Å². The Kier molecular flexibility index (Phi) is 4.97. The highest BCUT2D eigenvalue weighted by molar-refractivity contribution is 5.85. The number of nitrogens with two attached hydrogens (primary N) is 1. The molecule has 0 saturated heterocycles. The molecule has 1 atom stereocenters. The van der Waals surface area contributed by atoms with Crippen molar-refractivity contribution >= 4 is 12.4 Å². The van der Waals surface area contributed by atoms with Crippen LogP contribution in [0, 0.1) is 0 Å². The van der Waals surface area contributed by atoms with Gasteiger partial charge in [0.1, 0.15) is 0 Å². The number of hydrogen-bond donors (Lipinski definition) is 2. The summed E-state index contributed by atoms with van der Waals surface area (Å²) in [6.07, 6.45) is 2.57. The van der Waals surface area contributed by atoms with E-state index < -0.39 is 0 Å². The van der Waals surface area contributed by atoms with E-state index in [1.54, 1.807) is 0 Å². The maximum Gasteiger partial charge on any atom is 0.0471 e. The largest absolute Gasteiger partial charge is 0.396 e. The molecular formula is C8H15ClN2O. The third-order valence-electron chi connectivity index (χ3n) is 1.80. The number of hydrogen-bond acceptors (Lipinski definition) is 2. The average Bonchev–Trinajstić information content (AvgIpc) is 2.36. The standard InChI is InChI=1S/C8H14N2O.ClH/c1-10-5-2-3-8(10)7(9)4-6-11;/h2-3,5,7,11H,4,6,9H2,1H3;1H/t7-;/m1./s1. The number of nitrogens with zero attached hydrogens (tertiary/aromatic N) is 1. The fourth-order valence-corrected chi connectivity index (χ4v) is 1.15. The molecule has 0 fully saturated rings. The van der Waals surface area contributed by atoms with E-state index in [1.807, 2.05) is 29.9 Å². The van der Waals surface area contributed by atoms with Crippen LogP contribution in [0.5, 0.6) is 0 Å². The van der Waals surface area contributed by atoms with E-state index in [1.165, 1.54) is 0 Å². The van der Waals surface area contributed by atoms with Gasteiger partial charge in [-0.3, -0.25) is 0 Å². The van der Waals surface area contributed by atoms with Crippen LogP contribution in [0.4, 0.5) is 0 Å². The summed E-state index contributed by atoms with van der Waals surface area (Å²) >= 11 is 0. The molecule has 70 valence electrons. The van der Waals surface area contributed by atoms with Crippen LogP contribution >= 0.6 is 12.4 Å². The third-order valence-corrected chi connectivity index (χ3v) is 1.80. The van der Waals surface area contributed by atoms with Gasteiger partial charge in [0.2, 0.25) is 0 Å². The molecule has 1 heterocycles. The first kappa shape index (κ1) is 11.5. The van der Waals surface area contributed by atoms with Crippen molar-refractivity contribution in [3.8, 4) is 0 Å². The summed E-state index contributed by atoms with van der Waals surface area (Å²) in [5, 5.41) is 8.64. The van der Waals surface area contributed by atoms with Crippen LogP contribution < -0.4 is 5.73 Å². The summed E-state index contributed by atoms with van der Waals surface area (Å²) < 4.78 is 1.97. The molecule has 0 amide bonds. The molecule has 12 heavy (non-hydrogen) atoms. The van der Waals surface area contributed by atoms with Crippen LogP contribution in [0.15, 0.2) is 18.3 Å². The Morgan fingerprint density at radius 1 is 1.67 bits per heavy atom. The summed E-state index contributed by atoms with van der Waals surface area (Å²) in [6.45, 7) is 0.145. The van der Waals surface area contributed by atoms with Crippen molar-refractivity contribution in [2.75, 3.05) is 6.61 Å². The number of rotatable bonds is 3. The van der Waals surface area contributed by atoms with Gasteiger partial charge in [-0.25, -0.2) is 0 Å². The number of aliphatic hydroxyl groups excluding tert-OH is 1. The van der Waals surface area contributed by atoms with E-state index in [9.17, 15) is 0 Å². The molecule has 0 saturated carbocycles. The second-order valence-electron chi connectivity index (χ2n) is 2.66. The molecule has 0 unspecified atom stereocenters. The molecule has 0 spiro atoms. The highest BCUT2D eigenvalue weighted by Crippen LogP contribution is 2.12. The maximum absolute atomic E-state index is 8.64. The SMILES string of the molecule is Cl.Cn1cccc1[C@H](N)CCO. The summed E-state index contributed by atoms with van der Waals surface area (Å²) in [4.78, 5) is 0. The van der Waals surface area contributed by atoms with Crippen molar-refractivity contribution < 1.29 is 5.11 Å². The van der Waals surface area contributed by atoms with Crippen LogP contribution in [-0.2, 0) is 7.05 Å². The summed E-state index contributed by atoms with van der Waals surface area (Å²) in [5.74, 6) is 0. The molecule has 1 aromatic rings. The lowest BCUT2D eigenvalue weighted by Gasteiger charge is -2.10. The summed E-state index contributed by atoms with van der Waals surface area (Å²) in [6, 6.07) is 3.88. The lowest BCUT2D eigenvalue weighted by molar-refractivity contribution is 0.275. The lowest BCUT2D eigenvalue weighted by Crippen LogP contribution is -2.14. The molecule has 0 aliphatic rings. The minimum absolute atomic E-state index is 0. The van der Waals surface area contributed by atoms with Gasteiger partial charge in [0.15, 0.2) is 0 Å². The fourth-order valence-electron chi connectivity index (χ4n) is 1.15. The van der Waals surface area contributed by atoms with Crippen LogP contribution in [-0.4, -0.2) is 16.3 Å². The molecular weight excluding hydrogens is 176 g/mol. The van der Waals surface area contributed by atoms with Gasteiger partial charge in [-0.1, -0.05) is 0 Å². The van der Waals surface area contributed by atoms with Gasteiger partial charge in [0.25, 0.3) is 0 Å². The minimum atomic E-state index is -0.0417. The number of aryl methyl sites for hydroxylation is 1. The Hall–Kier alpha value is -0.510. The first-order chi connectivity index (χ1) is 5.25. The normalized spacial score (nSPS) is 12.2. The van der Waals surface area contributed by atoms with Gasteiger partial charge in [-0.15, -0.1) is 12.4 Å². The van der Waals surface area contributed by atoms with Gasteiger partial charge in [-0.05, 0) is 18.6 Å². The van der Waals surface area contributed by atoms with Gasteiger partial charge < -0.3 is 15.4 Å². The predicted molar refractivity (Wildman–Crippen MR) is 51.3 cm³/mol. The predicted octanol–water partition coefficient (Wildman–Crippen LogP) is 0.829. The zero-order valence-electron chi connectivity index (χ0n) is 7.10. The van der Waals surface area contributed by atoms with Crippen LogP contribution in [0.2, 0.25) is 0 Å². The minimum Gasteiger partial charge on any atom is -0.396 e. The molecule has 1 rings (SSSR count). The smallest absolute Gasteiger partial charge is 0.0471 e. The molecule has 0 aromatic carbocycles. The van der Waals surface area contributed by atoms with Crippen molar-refractivity contribution in [3.05, 3.63) is 24.0 Å². The Morgan fingerprint density at radius 2 is 2.33 bits per heavy atom. The molecule has 0 radical (unpaired) electrons. The van der Waals surface area contributed by atoms with Gasteiger partial charge in [-0.2, -0.15) is 0 Å². The first-order valence-electron chi connectivity index (χ1n) is 3.73. The van der Waals surface area contributed by atoms with Crippen LogP contribution in [0.1, 0.15) is 18.2 Å². The van der Waals surface area contributed by atoms with Crippen molar-refractivity contribution in [3.63, 3.8) is 0 Å². The molecule has 0 bridgehead atoms. The number of aliphatic hydroxyl groups is 1. The second-order valence-corrected chi connectivity index (χ2v) is 2.66. The Bertz CT molecular complexity index is 225. The molecule has 4 heteroatoms. The average molecular weight is 191 g/mol. The molecule has 3 nitrogen and oxygen atoms in total. The highest BCUT2D eigenvalue weighted by atomic mass is 35.5. The maximum atomic E-state index is 8.64. The Labute approximate surface area is 78.6 Å². The zero-order valence-corrected chi connectivity index (χ0v) is 7.92. The molecule has 1 aromatic heterocycles. The van der Waals surface area contributed by atoms with Crippen molar-refractivity contribution in [2.45, 2.75) is 12.5 Å². The van der Waals surface area contributed by atoms with E-state index >= 15 is 0 Å². The van der Waals surface area contributed by atoms with E-state index in [2.05, 4.69) is 0 Å². The monoisotopic (exact) mass is 190 g/mol. The van der Waals surface area contributed by atoms with Gasteiger partial charge in [0, 0.05) is 31.6 Å². The van der Waals surface area contributed by atoms with Crippen molar-refractivity contribution in [1.29, 1.82) is 0 Å². The van der Waals surface area contributed by atoms with Crippen LogP contribution in [0.3, 0.4) is 0 Å². The van der Waals surface area contributed by atoms with Crippen LogP contribution in [0.25, 0.3) is 0 Å². The quantitative estimate of drug-likeness (QED) is 0.742. The molecule has 0 aliphatic heterocycles. The van der Waals surface area contributed by atoms with Gasteiger partial charge in [0.05, 0.1) is 0 Å². The van der Waals surface area contributed by atoms with E-state index in [0.717, 1.165) is 5.69 Å². The zero-order chi connectivity index (χ0) is 8.27. The topological polar surface area (TPSA) is 51.2 Å². The van der Waals surface area contributed by atoms with E-state index in [4.69, 9.17) is 10.8 Å². The van der Waals surface area contributed by atoms with E-state index in [-0.39, 0.29) is 25.1 Å². The summed E-state index contributed by atoms with van der Waals surface area (Å²) in [7, 11) is 1.95. The third kappa shape index (κ3) is 2.52. The molecule has 0 aliphatic carbocycles. The Morgan fingerprint density at radius 3 is 2.75 bits per heavy atom. The van der Waals surface area contributed by atoms with E-state index in [0.29, 0.717) is 6.42 Å².